The summed E-state index contributed by atoms with van der Waals surface area (Å²) in [6.45, 7) is 0.615. The molecule has 6 nitrogen and oxygen atoms in total. The minimum atomic E-state index is -0.000260. The third-order valence-corrected chi connectivity index (χ3v) is 4.92. The van der Waals surface area contributed by atoms with Gasteiger partial charge in [0.25, 0.3) is 0 Å². The molecule has 0 spiro atoms. The summed E-state index contributed by atoms with van der Waals surface area (Å²) in [5.74, 6) is 1.18. The van der Waals surface area contributed by atoms with Crippen molar-refractivity contribution >= 4 is 34.1 Å². The molecule has 1 heterocycles. The Morgan fingerprint density at radius 2 is 2.09 bits per heavy atom. The van der Waals surface area contributed by atoms with Crippen molar-refractivity contribution in [2.75, 3.05) is 31.8 Å². The van der Waals surface area contributed by atoms with Crippen LogP contribution in [-0.4, -0.2) is 42.6 Å². The van der Waals surface area contributed by atoms with Gasteiger partial charge in [-0.3, -0.25) is 4.79 Å². The minimum Gasteiger partial charge on any atom is -0.497 e. The van der Waals surface area contributed by atoms with Crippen molar-refractivity contribution in [1.82, 2.24) is 15.5 Å². The van der Waals surface area contributed by atoms with Gasteiger partial charge in [-0.2, -0.15) is 0 Å². The van der Waals surface area contributed by atoms with E-state index in [0.717, 1.165) is 27.2 Å². The van der Waals surface area contributed by atoms with E-state index in [1.807, 2.05) is 24.3 Å². The topological polar surface area (TPSA) is 76.1 Å². The third kappa shape index (κ3) is 5.19. The summed E-state index contributed by atoms with van der Waals surface area (Å²) in [7, 11) is 3.44. The number of ether oxygens (including phenoxy) is 1. The van der Waals surface area contributed by atoms with Crippen LogP contribution in [0.15, 0.2) is 28.6 Å². The van der Waals surface area contributed by atoms with Crippen LogP contribution in [0.3, 0.4) is 0 Å². The van der Waals surface area contributed by atoms with E-state index in [9.17, 15) is 4.79 Å². The Morgan fingerprint density at radius 3 is 2.73 bits per heavy atom. The van der Waals surface area contributed by atoms with E-state index in [1.165, 1.54) is 23.1 Å². The molecule has 0 aliphatic heterocycles. The van der Waals surface area contributed by atoms with Gasteiger partial charge in [-0.05, 0) is 24.1 Å². The normalized spacial score (nSPS) is 10.3. The number of aromatic nitrogens is 2. The molecule has 0 atom stereocenters. The predicted molar refractivity (Wildman–Crippen MR) is 89.9 cm³/mol. The largest absolute Gasteiger partial charge is 0.497 e. The molecule has 0 bridgehead atoms. The summed E-state index contributed by atoms with van der Waals surface area (Å²) >= 11 is 2.83. The summed E-state index contributed by atoms with van der Waals surface area (Å²) in [6, 6.07) is 7.84. The Bertz CT molecular complexity index is 601. The molecular weight excluding hydrogens is 320 g/mol. The Kier molecular flexibility index (Phi) is 6.47. The van der Waals surface area contributed by atoms with Crippen LogP contribution in [0.5, 0.6) is 5.75 Å². The average molecular weight is 338 g/mol. The molecule has 1 aromatic carbocycles. The Hall–Kier alpha value is -1.80. The number of hydrogen-bond acceptors (Lipinski definition) is 7. The molecule has 0 radical (unpaired) electrons. The van der Waals surface area contributed by atoms with Gasteiger partial charge in [0.15, 0.2) is 4.34 Å². The van der Waals surface area contributed by atoms with Gasteiger partial charge in [0.2, 0.25) is 11.0 Å². The van der Waals surface area contributed by atoms with Crippen LogP contribution in [0, 0.1) is 0 Å². The molecule has 2 N–H and O–H groups in total. The highest BCUT2D eigenvalue weighted by Crippen LogP contribution is 2.24. The van der Waals surface area contributed by atoms with Gasteiger partial charge in [0.1, 0.15) is 5.75 Å². The van der Waals surface area contributed by atoms with E-state index < -0.39 is 0 Å². The van der Waals surface area contributed by atoms with Gasteiger partial charge in [0.05, 0.1) is 12.9 Å². The Morgan fingerprint density at radius 1 is 1.32 bits per heavy atom. The summed E-state index contributed by atoms with van der Waals surface area (Å²) in [5.41, 5.74) is 1.16. The van der Waals surface area contributed by atoms with Crippen molar-refractivity contribution in [1.29, 1.82) is 0 Å². The first-order valence-electron chi connectivity index (χ1n) is 6.75. The highest BCUT2D eigenvalue weighted by Gasteiger charge is 2.07. The zero-order valence-electron chi connectivity index (χ0n) is 12.5. The molecule has 8 heteroatoms. The van der Waals surface area contributed by atoms with Crippen molar-refractivity contribution in [3.8, 4) is 5.75 Å². The molecule has 2 aromatic rings. The number of thioether (sulfide) groups is 1. The molecule has 22 heavy (non-hydrogen) atoms. The molecule has 1 aromatic heterocycles. The number of methoxy groups -OCH3 is 1. The number of amides is 1. The van der Waals surface area contributed by atoms with Crippen molar-refractivity contribution in [3.63, 3.8) is 0 Å². The summed E-state index contributed by atoms with van der Waals surface area (Å²) in [5, 5.41) is 14.5. The minimum absolute atomic E-state index is 0.000260. The number of nitrogens with one attached hydrogen (secondary N) is 2. The Labute approximate surface area is 137 Å². The molecule has 1 amide bonds. The number of benzene rings is 1. The van der Waals surface area contributed by atoms with E-state index in [-0.39, 0.29) is 5.91 Å². The Balaban J connectivity index is 1.66. The molecule has 0 saturated carbocycles. The average Bonchev–Trinajstić information content (AvgIpc) is 3.02. The van der Waals surface area contributed by atoms with Crippen molar-refractivity contribution < 1.29 is 9.53 Å². The zero-order chi connectivity index (χ0) is 15.8. The van der Waals surface area contributed by atoms with Crippen LogP contribution in [0.1, 0.15) is 5.56 Å². The summed E-state index contributed by atoms with van der Waals surface area (Å²) in [4.78, 5) is 11.8. The SMILES string of the molecule is CNc1nnc(SCC(=O)NCCc2ccc(OC)cc2)s1. The maximum absolute atomic E-state index is 11.8. The zero-order valence-corrected chi connectivity index (χ0v) is 14.1. The molecule has 2 rings (SSSR count). The van der Waals surface area contributed by atoms with Crippen LogP contribution in [0.4, 0.5) is 5.13 Å². The van der Waals surface area contributed by atoms with Crippen LogP contribution < -0.4 is 15.4 Å². The monoisotopic (exact) mass is 338 g/mol. The maximum Gasteiger partial charge on any atom is 0.230 e. The number of carbonyl (C=O) groups excluding carboxylic acids is 1. The van der Waals surface area contributed by atoms with Crippen molar-refractivity contribution in [2.24, 2.45) is 0 Å². The number of anilines is 1. The molecule has 118 valence electrons. The van der Waals surface area contributed by atoms with Gasteiger partial charge in [-0.15, -0.1) is 10.2 Å². The van der Waals surface area contributed by atoms with E-state index in [4.69, 9.17) is 4.74 Å². The fourth-order valence-electron chi connectivity index (χ4n) is 1.69. The number of hydrogen-bond donors (Lipinski definition) is 2. The van der Waals surface area contributed by atoms with Gasteiger partial charge in [0, 0.05) is 13.6 Å². The number of nitrogens with zero attached hydrogens (tertiary/aromatic N) is 2. The molecule has 0 unspecified atom stereocenters. The fourth-order valence-corrected chi connectivity index (χ4v) is 3.22. The first kappa shape index (κ1) is 16.6. The highest BCUT2D eigenvalue weighted by atomic mass is 32.2. The smallest absolute Gasteiger partial charge is 0.230 e. The predicted octanol–water partition coefficient (Wildman–Crippen LogP) is 2.04. The molecular formula is C14H18N4O2S2. The van der Waals surface area contributed by atoms with Gasteiger partial charge in [-0.1, -0.05) is 35.2 Å². The summed E-state index contributed by atoms with van der Waals surface area (Å²) < 4.78 is 5.90. The lowest BCUT2D eigenvalue weighted by Gasteiger charge is -2.05. The second-order valence-electron chi connectivity index (χ2n) is 4.36. The first-order valence-corrected chi connectivity index (χ1v) is 8.55. The van der Waals surface area contributed by atoms with Gasteiger partial charge >= 0.3 is 0 Å². The lowest BCUT2D eigenvalue weighted by Crippen LogP contribution is -2.27. The quantitative estimate of drug-likeness (QED) is 0.718. The van der Waals surface area contributed by atoms with E-state index in [1.54, 1.807) is 14.2 Å². The van der Waals surface area contributed by atoms with E-state index in [2.05, 4.69) is 20.8 Å². The summed E-state index contributed by atoms with van der Waals surface area (Å²) in [6.07, 6.45) is 0.795. The van der Waals surface area contributed by atoms with Gasteiger partial charge < -0.3 is 15.4 Å². The lowest BCUT2D eigenvalue weighted by atomic mass is 10.1. The molecule has 0 aliphatic carbocycles. The first-order chi connectivity index (χ1) is 10.7. The standard InChI is InChI=1S/C14H18N4O2S2/c1-15-13-17-18-14(22-13)21-9-12(19)16-8-7-10-3-5-11(20-2)6-4-10/h3-6H,7-9H2,1-2H3,(H,15,17)(H,16,19). The maximum atomic E-state index is 11.8. The van der Waals surface area contributed by atoms with Crippen molar-refractivity contribution in [2.45, 2.75) is 10.8 Å². The second-order valence-corrected chi connectivity index (χ2v) is 6.56. The van der Waals surface area contributed by atoms with Crippen LogP contribution >= 0.6 is 23.1 Å². The highest BCUT2D eigenvalue weighted by molar-refractivity contribution is 8.01. The molecule has 0 saturated heterocycles. The molecule has 0 fully saturated rings. The number of carbonyl (C=O) groups is 1. The fraction of sp³-hybridized carbons (Fsp3) is 0.357. The van der Waals surface area contributed by atoms with E-state index in [0.29, 0.717) is 12.3 Å². The van der Waals surface area contributed by atoms with Crippen molar-refractivity contribution in [3.05, 3.63) is 29.8 Å². The van der Waals surface area contributed by atoms with Crippen LogP contribution in [0.2, 0.25) is 0 Å². The second kappa shape index (κ2) is 8.60. The lowest BCUT2D eigenvalue weighted by molar-refractivity contribution is -0.118. The van der Waals surface area contributed by atoms with Crippen LogP contribution in [-0.2, 0) is 11.2 Å². The van der Waals surface area contributed by atoms with Crippen LogP contribution in [0.25, 0.3) is 0 Å². The van der Waals surface area contributed by atoms with Gasteiger partial charge in [-0.25, -0.2) is 0 Å². The third-order valence-electron chi connectivity index (χ3n) is 2.84. The number of rotatable bonds is 8. The molecule has 0 aliphatic rings. The van der Waals surface area contributed by atoms with E-state index >= 15 is 0 Å².